The van der Waals surface area contributed by atoms with Gasteiger partial charge in [0.1, 0.15) is 5.78 Å². The lowest BCUT2D eigenvalue weighted by Crippen LogP contribution is -2.43. The quantitative estimate of drug-likeness (QED) is 0.731. The molecule has 0 aliphatic carbocycles. The van der Waals surface area contributed by atoms with Crippen LogP contribution in [0.25, 0.3) is 0 Å². The van der Waals surface area contributed by atoms with E-state index in [0.717, 1.165) is 0 Å². The third-order valence-electron chi connectivity index (χ3n) is 3.72. The Morgan fingerprint density at radius 1 is 0.938 bits per heavy atom. The van der Waals surface area contributed by atoms with Crippen molar-refractivity contribution in [2.75, 3.05) is 0 Å². The minimum Gasteiger partial charge on any atom is -0.298 e. The highest BCUT2D eigenvalue weighted by Crippen LogP contribution is 2.39. The molecule has 0 N–H and O–H groups in total. The van der Waals surface area contributed by atoms with Crippen LogP contribution in [0.3, 0.4) is 0 Å². The predicted molar refractivity (Wildman–Crippen MR) is 62.1 cm³/mol. The summed E-state index contributed by atoms with van der Waals surface area (Å²) >= 11 is 0. The summed E-state index contributed by atoms with van der Waals surface area (Å²) in [5, 5.41) is 17.8. The number of hydrogen-bond donors (Lipinski definition) is 0. The van der Waals surface area contributed by atoms with Gasteiger partial charge in [0.05, 0.1) is 24.0 Å². The summed E-state index contributed by atoms with van der Waals surface area (Å²) in [6.45, 7) is 10.6. The van der Waals surface area contributed by atoms with E-state index in [1.54, 1.807) is 41.5 Å². The topological polar surface area (TPSA) is 64.7 Å². The first-order chi connectivity index (χ1) is 7.12. The van der Waals surface area contributed by atoms with Gasteiger partial charge >= 0.3 is 0 Å². The highest BCUT2D eigenvalue weighted by atomic mass is 16.1. The summed E-state index contributed by atoms with van der Waals surface area (Å²) in [5.74, 6) is -0.738. The fourth-order valence-electron chi connectivity index (χ4n) is 1.55. The van der Waals surface area contributed by atoms with Gasteiger partial charge in [0.2, 0.25) is 0 Å². The van der Waals surface area contributed by atoms with Crippen LogP contribution in [0.5, 0.6) is 0 Å². The molecule has 0 saturated carbocycles. The predicted octanol–water partition coefficient (Wildman–Crippen LogP) is 2.93. The number of carbonyl (C=O) groups excluding carboxylic acids is 1. The Bertz CT molecular complexity index is 321. The van der Waals surface area contributed by atoms with Crippen molar-refractivity contribution in [1.29, 1.82) is 10.5 Å². The standard InChI is InChI=1S/C13H20N2O/c1-9(7-14)12(3,4)11(16)13(5,6)10(2)8-15/h9-10H,1-6H3. The van der Waals surface area contributed by atoms with E-state index in [-0.39, 0.29) is 17.6 Å². The van der Waals surface area contributed by atoms with Crippen LogP contribution in [0.15, 0.2) is 0 Å². The molecule has 3 nitrogen and oxygen atoms in total. The highest BCUT2D eigenvalue weighted by Gasteiger charge is 2.45. The fraction of sp³-hybridized carbons (Fsp3) is 0.769. The highest BCUT2D eigenvalue weighted by molar-refractivity contribution is 5.90. The molecule has 0 amide bonds. The molecule has 2 unspecified atom stereocenters. The van der Waals surface area contributed by atoms with E-state index in [1.165, 1.54) is 0 Å². The largest absolute Gasteiger partial charge is 0.298 e. The van der Waals surface area contributed by atoms with Gasteiger partial charge in [0, 0.05) is 10.8 Å². The van der Waals surface area contributed by atoms with Gasteiger partial charge in [-0.2, -0.15) is 10.5 Å². The number of ketones is 1. The Labute approximate surface area is 98.1 Å². The van der Waals surface area contributed by atoms with Gasteiger partial charge < -0.3 is 0 Å². The molecule has 0 spiro atoms. The van der Waals surface area contributed by atoms with Gasteiger partial charge in [-0.15, -0.1) is 0 Å². The maximum atomic E-state index is 12.4. The molecule has 88 valence electrons. The van der Waals surface area contributed by atoms with E-state index in [4.69, 9.17) is 10.5 Å². The van der Waals surface area contributed by atoms with Gasteiger partial charge in [-0.1, -0.05) is 27.7 Å². The first kappa shape index (κ1) is 14.6. The molecule has 0 fully saturated rings. The Balaban J connectivity index is 5.24. The van der Waals surface area contributed by atoms with Crippen LogP contribution in [0.1, 0.15) is 41.5 Å². The summed E-state index contributed by atoms with van der Waals surface area (Å²) in [6, 6.07) is 4.22. The fourth-order valence-corrected chi connectivity index (χ4v) is 1.55. The van der Waals surface area contributed by atoms with Crippen molar-refractivity contribution < 1.29 is 4.79 Å². The van der Waals surface area contributed by atoms with Gasteiger partial charge in [-0.3, -0.25) is 4.79 Å². The zero-order chi connectivity index (χ0) is 13.1. The normalized spacial score (nSPS) is 15.8. The number of Topliss-reactive ketones (excluding diaryl/α,β-unsaturated/α-hetero) is 1. The number of rotatable bonds is 4. The molecule has 2 atom stereocenters. The molecule has 0 aliphatic rings. The summed E-state index contributed by atoms with van der Waals surface area (Å²) in [5.41, 5.74) is -1.44. The van der Waals surface area contributed by atoms with Crippen LogP contribution in [0.2, 0.25) is 0 Å². The van der Waals surface area contributed by atoms with E-state index >= 15 is 0 Å². The van der Waals surface area contributed by atoms with Crippen molar-refractivity contribution in [3.63, 3.8) is 0 Å². The molecule has 0 aromatic carbocycles. The lowest BCUT2D eigenvalue weighted by atomic mass is 9.64. The Hall–Kier alpha value is -1.35. The summed E-state index contributed by atoms with van der Waals surface area (Å²) in [6.07, 6.45) is 0. The van der Waals surface area contributed by atoms with Crippen molar-refractivity contribution in [2.45, 2.75) is 41.5 Å². The molecule has 0 aromatic rings. The lowest BCUT2D eigenvalue weighted by Gasteiger charge is -2.36. The third kappa shape index (κ3) is 2.42. The molecule has 0 aliphatic heterocycles. The van der Waals surface area contributed by atoms with Crippen LogP contribution < -0.4 is 0 Å². The monoisotopic (exact) mass is 220 g/mol. The minimum atomic E-state index is -0.719. The van der Waals surface area contributed by atoms with Crippen molar-refractivity contribution in [3.05, 3.63) is 0 Å². The molecule has 16 heavy (non-hydrogen) atoms. The van der Waals surface area contributed by atoms with Crippen LogP contribution in [0.4, 0.5) is 0 Å². The van der Waals surface area contributed by atoms with Crippen LogP contribution >= 0.6 is 0 Å². The zero-order valence-electron chi connectivity index (χ0n) is 11.0. The van der Waals surface area contributed by atoms with Crippen LogP contribution in [-0.2, 0) is 4.79 Å². The van der Waals surface area contributed by atoms with Gasteiger partial charge in [-0.25, -0.2) is 0 Å². The van der Waals surface area contributed by atoms with E-state index in [0.29, 0.717) is 0 Å². The zero-order valence-corrected chi connectivity index (χ0v) is 11.0. The first-order valence-corrected chi connectivity index (χ1v) is 5.46. The number of carbonyl (C=O) groups is 1. The molecular weight excluding hydrogens is 200 g/mol. The van der Waals surface area contributed by atoms with Gasteiger partial charge in [-0.05, 0) is 13.8 Å². The number of nitriles is 2. The first-order valence-electron chi connectivity index (χ1n) is 5.46. The minimum absolute atomic E-state index is 0.0249. The maximum absolute atomic E-state index is 12.4. The molecular formula is C13H20N2O. The molecule has 0 aromatic heterocycles. The SMILES string of the molecule is CC(C#N)C(C)(C)C(=O)C(C)(C)C(C)C#N. The summed E-state index contributed by atoms with van der Waals surface area (Å²) < 4.78 is 0. The molecule has 3 heteroatoms. The molecule has 0 rings (SSSR count). The van der Waals surface area contributed by atoms with E-state index in [9.17, 15) is 4.79 Å². The maximum Gasteiger partial charge on any atom is 0.146 e. The van der Waals surface area contributed by atoms with E-state index in [2.05, 4.69) is 12.1 Å². The van der Waals surface area contributed by atoms with Crippen molar-refractivity contribution in [1.82, 2.24) is 0 Å². The number of hydrogen-bond acceptors (Lipinski definition) is 3. The smallest absolute Gasteiger partial charge is 0.146 e. The van der Waals surface area contributed by atoms with Crippen LogP contribution in [0, 0.1) is 45.3 Å². The van der Waals surface area contributed by atoms with Crippen molar-refractivity contribution in [2.24, 2.45) is 22.7 Å². The second-order valence-corrected chi connectivity index (χ2v) is 5.47. The molecule has 0 bridgehead atoms. The van der Waals surface area contributed by atoms with Gasteiger partial charge in [0.15, 0.2) is 0 Å². The molecule has 0 radical (unpaired) electrons. The average Bonchev–Trinajstić information content (AvgIpc) is 2.25. The van der Waals surface area contributed by atoms with E-state index < -0.39 is 10.8 Å². The summed E-state index contributed by atoms with van der Waals surface area (Å²) in [4.78, 5) is 12.4. The van der Waals surface area contributed by atoms with Crippen molar-refractivity contribution >= 4 is 5.78 Å². The molecule has 0 heterocycles. The second kappa shape index (κ2) is 4.66. The lowest BCUT2D eigenvalue weighted by molar-refractivity contribution is -0.139. The summed E-state index contributed by atoms with van der Waals surface area (Å²) in [7, 11) is 0. The van der Waals surface area contributed by atoms with Gasteiger partial charge in [0.25, 0.3) is 0 Å². The second-order valence-electron chi connectivity index (χ2n) is 5.47. The van der Waals surface area contributed by atoms with Crippen LogP contribution in [-0.4, -0.2) is 5.78 Å². The Morgan fingerprint density at radius 3 is 1.38 bits per heavy atom. The molecule has 0 saturated heterocycles. The third-order valence-corrected chi connectivity index (χ3v) is 3.72. The average molecular weight is 220 g/mol. The number of nitrogens with zero attached hydrogens (tertiary/aromatic N) is 2. The Morgan fingerprint density at radius 2 is 1.19 bits per heavy atom. The van der Waals surface area contributed by atoms with E-state index in [1.807, 2.05) is 0 Å². The van der Waals surface area contributed by atoms with Crippen molar-refractivity contribution in [3.8, 4) is 12.1 Å². The Kier molecular flexibility index (Phi) is 4.27.